The lowest BCUT2D eigenvalue weighted by molar-refractivity contribution is -0.122. The van der Waals surface area contributed by atoms with E-state index >= 15 is 0 Å². The molecule has 0 unspecified atom stereocenters. The van der Waals surface area contributed by atoms with Crippen LogP contribution in [-0.2, 0) is 14.8 Å². The second-order valence-electron chi connectivity index (χ2n) is 6.35. The second-order valence-corrected chi connectivity index (χ2v) is 8.04. The SMILES string of the molecule is Cc1ccnc(NS(=O)(=O)c2ccc(NC(=O)[C@@H](C)Oc3ccc(F)cc3)cc2)n1. The molecule has 30 heavy (non-hydrogen) atoms. The van der Waals surface area contributed by atoms with Crippen molar-refractivity contribution >= 4 is 27.6 Å². The van der Waals surface area contributed by atoms with E-state index in [-0.39, 0.29) is 10.8 Å². The third kappa shape index (κ3) is 5.51. The Bertz CT molecular complexity index is 1140. The molecule has 0 aliphatic heterocycles. The molecule has 0 radical (unpaired) electrons. The molecule has 2 N–H and O–H groups in total. The monoisotopic (exact) mass is 430 g/mol. The van der Waals surface area contributed by atoms with Gasteiger partial charge in [-0.2, -0.15) is 0 Å². The first-order chi connectivity index (χ1) is 14.2. The second kappa shape index (κ2) is 8.87. The first-order valence-corrected chi connectivity index (χ1v) is 10.4. The van der Waals surface area contributed by atoms with E-state index in [1.54, 1.807) is 19.9 Å². The molecule has 1 amide bonds. The van der Waals surface area contributed by atoms with Crippen LogP contribution in [0, 0.1) is 12.7 Å². The number of nitrogens with zero attached hydrogens (tertiary/aromatic N) is 2. The molecule has 0 saturated carbocycles. The van der Waals surface area contributed by atoms with Crippen LogP contribution in [-0.4, -0.2) is 30.4 Å². The van der Waals surface area contributed by atoms with Crippen LogP contribution in [0.25, 0.3) is 0 Å². The van der Waals surface area contributed by atoms with E-state index in [9.17, 15) is 17.6 Å². The highest BCUT2D eigenvalue weighted by Crippen LogP contribution is 2.18. The molecule has 3 rings (SSSR count). The Morgan fingerprint density at radius 3 is 2.37 bits per heavy atom. The minimum atomic E-state index is -3.88. The van der Waals surface area contributed by atoms with Gasteiger partial charge in [-0.15, -0.1) is 0 Å². The Labute approximate surface area is 173 Å². The normalized spacial score (nSPS) is 12.1. The van der Waals surface area contributed by atoms with Crippen molar-refractivity contribution in [3.05, 3.63) is 72.3 Å². The maximum Gasteiger partial charge on any atom is 0.265 e. The standard InChI is InChI=1S/C20H19FN4O4S/c1-13-11-12-22-20(23-13)25-30(27,28)18-9-5-16(6-10-18)24-19(26)14(2)29-17-7-3-15(21)4-8-17/h3-12,14H,1-2H3,(H,24,26)(H,22,23,25)/t14-/m1/s1. The van der Waals surface area contributed by atoms with Crippen LogP contribution in [0.15, 0.2) is 65.7 Å². The molecule has 0 aliphatic carbocycles. The average Bonchev–Trinajstić information content (AvgIpc) is 2.70. The van der Waals surface area contributed by atoms with Crippen molar-refractivity contribution < 1.29 is 22.3 Å². The number of carbonyl (C=O) groups excluding carboxylic acids is 1. The molecular formula is C20H19FN4O4S. The number of halogens is 1. The number of carbonyl (C=O) groups is 1. The number of aromatic nitrogens is 2. The van der Waals surface area contributed by atoms with Gasteiger partial charge in [-0.1, -0.05) is 0 Å². The third-order valence-electron chi connectivity index (χ3n) is 3.95. The molecule has 1 heterocycles. The van der Waals surface area contributed by atoms with Gasteiger partial charge in [0.25, 0.3) is 15.9 Å². The predicted molar refractivity (Wildman–Crippen MR) is 109 cm³/mol. The van der Waals surface area contributed by atoms with Gasteiger partial charge in [-0.3, -0.25) is 4.79 Å². The first-order valence-electron chi connectivity index (χ1n) is 8.88. The minimum Gasteiger partial charge on any atom is -0.481 e. The smallest absolute Gasteiger partial charge is 0.265 e. The highest BCUT2D eigenvalue weighted by Gasteiger charge is 2.18. The number of anilines is 2. The number of hydrogen-bond acceptors (Lipinski definition) is 6. The van der Waals surface area contributed by atoms with Crippen LogP contribution in [0.5, 0.6) is 5.75 Å². The molecule has 2 aromatic carbocycles. The van der Waals surface area contributed by atoms with Crippen LogP contribution in [0.2, 0.25) is 0 Å². The fraction of sp³-hybridized carbons (Fsp3) is 0.150. The molecule has 0 bridgehead atoms. The van der Waals surface area contributed by atoms with E-state index in [1.807, 2.05) is 0 Å². The van der Waals surface area contributed by atoms with Crippen LogP contribution in [0.3, 0.4) is 0 Å². The summed E-state index contributed by atoms with van der Waals surface area (Å²) in [6, 6.07) is 12.5. The maximum atomic E-state index is 12.9. The van der Waals surface area contributed by atoms with E-state index in [1.165, 1.54) is 54.7 Å². The summed E-state index contributed by atoms with van der Waals surface area (Å²) in [5.74, 6) is -0.525. The summed E-state index contributed by atoms with van der Waals surface area (Å²) < 4.78 is 45.6. The predicted octanol–water partition coefficient (Wildman–Crippen LogP) is 3.13. The molecule has 0 aliphatic rings. The van der Waals surface area contributed by atoms with Gasteiger partial charge in [-0.05, 0) is 68.4 Å². The van der Waals surface area contributed by atoms with Gasteiger partial charge in [0.1, 0.15) is 11.6 Å². The average molecular weight is 430 g/mol. The third-order valence-corrected chi connectivity index (χ3v) is 5.29. The van der Waals surface area contributed by atoms with Crippen molar-refractivity contribution in [2.45, 2.75) is 24.8 Å². The van der Waals surface area contributed by atoms with E-state index in [0.29, 0.717) is 17.1 Å². The Balaban J connectivity index is 1.63. The number of ether oxygens (including phenoxy) is 1. The topological polar surface area (TPSA) is 110 Å². The Kier molecular flexibility index (Phi) is 6.26. The molecule has 3 aromatic rings. The zero-order chi connectivity index (χ0) is 21.7. The maximum absolute atomic E-state index is 12.9. The molecule has 8 nitrogen and oxygen atoms in total. The number of sulfonamides is 1. The van der Waals surface area contributed by atoms with Crippen molar-refractivity contribution in [2.75, 3.05) is 10.0 Å². The number of aryl methyl sites for hydroxylation is 1. The Morgan fingerprint density at radius 2 is 1.73 bits per heavy atom. The van der Waals surface area contributed by atoms with Crippen LogP contribution < -0.4 is 14.8 Å². The molecular weight excluding hydrogens is 411 g/mol. The van der Waals surface area contributed by atoms with Crippen molar-refractivity contribution in [1.29, 1.82) is 0 Å². The summed E-state index contributed by atoms with van der Waals surface area (Å²) in [5.41, 5.74) is 1.01. The van der Waals surface area contributed by atoms with Gasteiger partial charge in [0.15, 0.2) is 6.10 Å². The van der Waals surface area contributed by atoms with Gasteiger partial charge >= 0.3 is 0 Å². The Morgan fingerprint density at radius 1 is 1.07 bits per heavy atom. The van der Waals surface area contributed by atoms with Crippen molar-refractivity contribution in [3.63, 3.8) is 0 Å². The van der Waals surface area contributed by atoms with Gasteiger partial charge in [0.2, 0.25) is 5.95 Å². The molecule has 156 valence electrons. The van der Waals surface area contributed by atoms with Crippen LogP contribution in [0.4, 0.5) is 16.0 Å². The van der Waals surface area contributed by atoms with E-state index < -0.39 is 27.9 Å². The lowest BCUT2D eigenvalue weighted by atomic mass is 10.3. The lowest BCUT2D eigenvalue weighted by Gasteiger charge is -2.15. The van der Waals surface area contributed by atoms with Crippen molar-refractivity contribution in [3.8, 4) is 5.75 Å². The largest absolute Gasteiger partial charge is 0.481 e. The summed E-state index contributed by atoms with van der Waals surface area (Å²) in [6.07, 6.45) is 0.604. The summed E-state index contributed by atoms with van der Waals surface area (Å²) in [4.78, 5) is 20.1. The molecule has 0 fully saturated rings. The van der Waals surface area contributed by atoms with Gasteiger partial charge in [-0.25, -0.2) is 27.5 Å². The highest BCUT2D eigenvalue weighted by molar-refractivity contribution is 7.92. The highest BCUT2D eigenvalue weighted by atomic mass is 32.2. The summed E-state index contributed by atoms with van der Waals surface area (Å²) in [6.45, 7) is 3.26. The van der Waals surface area contributed by atoms with Gasteiger partial charge in [0.05, 0.1) is 4.90 Å². The minimum absolute atomic E-state index is 0.0128. The number of rotatable bonds is 7. The summed E-state index contributed by atoms with van der Waals surface area (Å²) in [7, 11) is -3.88. The Hall–Kier alpha value is -3.53. The van der Waals surface area contributed by atoms with Crippen molar-refractivity contribution in [1.82, 2.24) is 9.97 Å². The van der Waals surface area contributed by atoms with Crippen molar-refractivity contribution in [2.24, 2.45) is 0 Å². The van der Waals surface area contributed by atoms with Gasteiger partial charge < -0.3 is 10.1 Å². The quantitative estimate of drug-likeness (QED) is 0.596. The summed E-state index contributed by atoms with van der Waals surface area (Å²) in [5, 5.41) is 2.63. The molecule has 0 spiro atoms. The molecule has 0 saturated heterocycles. The number of hydrogen-bond donors (Lipinski definition) is 2. The van der Waals surface area contributed by atoms with Crippen LogP contribution in [0.1, 0.15) is 12.6 Å². The zero-order valence-corrected chi connectivity index (χ0v) is 17.0. The molecule has 10 heteroatoms. The van der Waals surface area contributed by atoms with E-state index in [2.05, 4.69) is 20.0 Å². The molecule has 1 atom stereocenters. The van der Waals surface area contributed by atoms with Gasteiger partial charge in [0, 0.05) is 17.6 Å². The number of amides is 1. The van der Waals surface area contributed by atoms with Crippen LogP contribution >= 0.6 is 0 Å². The summed E-state index contributed by atoms with van der Waals surface area (Å²) >= 11 is 0. The van der Waals surface area contributed by atoms with E-state index in [0.717, 1.165) is 0 Å². The number of nitrogens with one attached hydrogen (secondary N) is 2. The lowest BCUT2D eigenvalue weighted by Crippen LogP contribution is -2.30. The zero-order valence-electron chi connectivity index (χ0n) is 16.2. The first kappa shape index (κ1) is 21.2. The molecule has 1 aromatic heterocycles. The van der Waals surface area contributed by atoms with E-state index in [4.69, 9.17) is 4.74 Å². The number of benzene rings is 2. The fourth-order valence-corrected chi connectivity index (χ4v) is 3.36. The fourth-order valence-electron chi connectivity index (χ4n) is 2.41.